The van der Waals surface area contributed by atoms with E-state index in [0.29, 0.717) is 13.0 Å². The van der Waals surface area contributed by atoms with E-state index in [1.165, 1.54) is 4.90 Å². The first-order valence-corrected chi connectivity index (χ1v) is 11.3. The maximum atomic E-state index is 12.8. The minimum Gasteiger partial charge on any atom is -0.444 e. The molecule has 0 saturated carbocycles. The molecule has 162 valence electrons. The minimum atomic E-state index is -5.88. The first-order chi connectivity index (χ1) is 13.2. The average molecular weight is 455 g/mol. The number of rotatable bonds is 3. The van der Waals surface area contributed by atoms with Gasteiger partial charge in [-0.1, -0.05) is 11.8 Å². The monoisotopic (exact) mass is 455 g/mol. The lowest BCUT2D eigenvalue weighted by Gasteiger charge is -2.29. The summed E-state index contributed by atoms with van der Waals surface area (Å²) in [5.41, 5.74) is -5.85. The van der Waals surface area contributed by atoms with E-state index in [2.05, 4.69) is 14.2 Å². The number of likely N-dealkylation sites (tertiary alicyclic amines) is 1. The second-order valence-corrected chi connectivity index (χ2v) is 10.1. The summed E-state index contributed by atoms with van der Waals surface area (Å²) in [6.45, 7) is 5.49. The van der Waals surface area contributed by atoms with E-state index in [-0.39, 0.29) is 28.8 Å². The van der Waals surface area contributed by atoms with E-state index in [1.807, 2.05) is 0 Å². The summed E-state index contributed by atoms with van der Waals surface area (Å²) in [4.78, 5) is 22.2. The van der Waals surface area contributed by atoms with Crippen molar-refractivity contribution in [1.82, 2.24) is 14.9 Å². The summed E-state index contributed by atoms with van der Waals surface area (Å²) in [6.07, 6.45) is 1.77. The van der Waals surface area contributed by atoms with Crippen molar-refractivity contribution < 1.29 is 35.3 Å². The van der Waals surface area contributed by atoms with Crippen molar-refractivity contribution in [3.8, 4) is 5.88 Å². The highest BCUT2D eigenvalue weighted by Gasteiger charge is 2.50. The van der Waals surface area contributed by atoms with Crippen LogP contribution in [0.3, 0.4) is 0 Å². The van der Waals surface area contributed by atoms with Crippen LogP contribution in [0.4, 0.5) is 18.0 Å². The van der Waals surface area contributed by atoms with Crippen LogP contribution in [0.1, 0.15) is 44.5 Å². The lowest BCUT2D eigenvalue weighted by molar-refractivity contribution is -0.0502. The zero-order valence-electron chi connectivity index (χ0n) is 16.1. The molecule has 29 heavy (non-hydrogen) atoms. The fourth-order valence-corrected chi connectivity index (χ4v) is 4.18. The van der Waals surface area contributed by atoms with Gasteiger partial charge in [0.25, 0.3) is 0 Å². The highest BCUT2D eigenvalue weighted by molar-refractivity contribution is 7.98. The standard InChI is InChI=1S/C16H20F3N3O5S2/c1-15(2,3)26-14(23)22-7-8-5-9-11(10(22)6-8)20-13(28-4)21-12(9)27-29(24,25)16(17,18)19/h8,10H,5-7H2,1-4H3/t8-,10-/m1/s1. The molecule has 1 fully saturated rings. The summed E-state index contributed by atoms with van der Waals surface area (Å²) >= 11 is 1.02. The molecule has 0 aromatic carbocycles. The fraction of sp³-hybridized carbons (Fsp3) is 0.688. The van der Waals surface area contributed by atoms with Gasteiger partial charge in [0.2, 0.25) is 5.88 Å². The van der Waals surface area contributed by atoms with Crippen LogP contribution in [0.5, 0.6) is 5.88 Å². The quantitative estimate of drug-likeness (QED) is 0.296. The zero-order chi connectivity index (χ0) is 21.8. The predicted molar refractivity (Wildman–Crippen MR) is 96.9 cm³/mol. The number of hydrogen-bond acceptors (Lipinski definition) is 8. The topological polar surface area (TPSA) is 98.7 Å². The van der Waals surface area contributed by atoms with Crippen LogP contribution in [0.15, 0.2) is 5.16 Å². The summed E-state index contributed by atoms with van der Waals surface area (Å²) < 4.78 is 71.2. The van der Waals surface area contributed by atoms with Crippen LogP contribution in [0, 0.1) is 5.92 Å². The Hall–Kier alpha value is -1.76. The SMILES string of the molecule is CSc1nc(OS(=O)(=O)C(F)(F)F)c2c(n1)[C@H]1C[C@@H](C2)CN1C(=O)OC(C)(C)C. The van der Waals surface area contributed by atoms with E-state index in [1.54, 1.807) is 27.0 Å². The summed E-state index contributed by atoms with van der Waals surface area (Å²) in [5, 5.41) is 0.0469. The number of fused-ring (bicyclic) bond motifs is 4. The van der Waals surface area contributed by atoms with Crippen molar-refractivity contribution in [1.29, 1.82) is 0 Å². The van der Waals surface area contributed by atoms with Gasteiger partial charge in [-0.25, -0.2) is 9.78 Å². The van der Waals surface area contributed by atoms with E-state index in [4.69, 9.17) is 4.74 Å². The van der Waals surface area contributed by atoms with Crippen LogP contribution >= 0.6 is 11.8 Å². The van der Waals surface area contributed by atoms with Gasteiger partial charge in [-0.3, -0.25) is 4.90 Å². The summed E-state index contributed by atoms with van der Waals surface area (Å²) in [5.74, 6) is -0.739. The molecule has 0 unspecified atom stereocenters. The third-order valence-corrected chi connectivity index (χ3v) is 5.95. The van der Waals surface area contributed by atoms with Gasteiger partial charge in [-0.2, -0.15) is 26.6 Å². The van der Waals surface area contributed by atoms with Gasteiger partial charge >= 0.3 is 21.7 Å². The number of aromatic nitrogens is 2. The average Bonchev–Trinajstić information content (AvgIpc) is 2.91. The Kier molecular flexibility index (Phi) is 5.43. The molecule has 0 N–H and O–H groups in total. The maximum absolute atomic E-state index is 12.8. The van der Waals surface area contributed by atoms with Gasteiger partial charge < -0.3 is 8.92 Å². The van der Waals surface area contributed by atoms with Crippen LogP contribution in [-0.2, 0) is 21.3 Å². The first kappa shape index (κ1) is 21.9. The molecule has 2 bridgehead atoms. The molecule has 1 aromatic rings. The fourth-order valence-electron chi connectivity index (χ4n) is 3.38. The molecule has 2 heterocycles. The van der Waals surface area contributed by atoms with Gasteiger partial charge in [0.15, 0.2) is 5.16 Å². The third kappa shape index (κ3) is 4.39. The Labute approximate surface area is 170 Å². The first-order valence-electron chi connectivity index (χ1n) is 8.67. The van der Waals surface area contributed by atoms with Gasteiger partial charge in [-0.15, -0.1) is 0 Å². The summed E-state index contributed by atoms with van der Waals surface area (Å²) in [7, 11) is -5.88. The molecule has 1 aliphatic carbocycles. The molecule has 0 spiro atoms. The van der Waals surface area contributed by atoms with Crippen LogP contribution in [0.2, 0.25) is 0 Å². The highest BCUT2D eigenvalue weighted by Crippen LogP contribution is 2.46. The number of carbonyl (C=O) groups is 1. The number of nitrogens with zero attached hydrogens (tertiary/aromatic N) is 3. The number of hydrogen-bond donors (Lipinski definition) is 0. The van der Waals surface area contributed by atoms with E-state index >= 15 is 0 Å². The van der Waals surface area contributed by atoms with Crippen LogP contribution in [0.25, 0.3) is 0 Å². The van der Waals surface area contributed by atoms with Crippen LogP contribution in [-0.4, -0.2) is 53.3 Å². The second kappa shape index (κ2) is 7.18. The number of amides is 1. The highest BCUT2D eigenvalue weighted by atomic mass is 32.2. The van der Waals surface area contributed by atoms with Crippen molar-refractivity contribution in [3.63, 3.8) is 0 Å². The number of carbonyl (C=O) groups excluding carboxylic acids is 1. The molecule has 0 radical (unpaired) electrons. The number of thioether (sulfide) groups is 1. The Morgan fingerprint density at radius 1 is 1.24 bits per heavy atom. The van der Waals surface area contributed by atoms with Crippen molar-refractivity contribution in [3.05, 3.63) is 11.3 Å². The van der Waals surface area contributed by atoms with E-state index in [9.17, 15) is 26.4 Å². The van der Waals surface area contributed by atoms with E-state index in [0.717, 1.165) is 11.8 Å². The molecule has 2 atom stereocenters. The number of alkyl halides is 3. The molecule has 13 heteroatoms. The number of ether oxygens (including phenoxy) is 1. The number of halogens is 3. The molecular formula is C16H20F3N3O5S2. The molecule has 1 aromatic heterocycles. The van der Waals surface area contributed by atoms with Crippen molar-refractivity contribution >= 4 is 28.0 Å². The Morgan fingerprint density at radius 2 is 1.90 bits per heavy atom. The molecule has 3 rings (SSSR count). The third-order valence-electron chi connectivity index (χ3n) is 4.46. The van der Waals surface area contributed by atoms with Gasteiger partial charge in [0.05, 0.1) is 11.7 Å². The Balaban J connectivity index is 2.02. The lowest BCUT2D eigenvalue weighted by Crippen LogP contribution is -2.36. The summed E-state index contributed by atoms with van der Waals surface area (Å²) in [6, 6.07) is -0.552. The smallest absolute Gasteiger partial charge is 0.444 e. The predicted octanol–water partition coefficient (Wildman–Crippen LogP) is 3.28. The van der Waals surface area contributed by atoms with Crippen molar-refractivity contribution in [2.24, 2.45) is 5.92 Å². The molecule has 2 aliphatic rings. The van der Waals surface area contributed by atoms with E-state index < -0.39 is 39.2 Å². The maximum Gasteiger partial charge on any atom is 0.534 e. The lowest BCUT2D eigenvalue weighted by atomic mass is 9.88. The van der Waals surface area contributed by atoms with Crippen LogP contribution < -0.4 is 4.18 Å². The molecular weight excluding hydrogens is 435 g/mol. The molecule has 1 aliphatic heterocycles. The van der Waals surface area contributed by atoms with Crippen molar-refractivity contribution in [2.75, 3.05) is 12.8 Å². The van der Waals surface area contributed by atoms with Gasteiger partial charge in [0, 0.05) is 12.1 Å². The van der Waals surface area contributed by atoms with Gasteiger partial charge in [0.1, 0.15) is 5.60 Å². The molecule has 8 nitrogen and oxygen atoms in total. The molecule has 1 saturated heterocycles. The Bertz CT molecular complexity index is 931. The Morgan fingerprint density at radius 3 is 2.45 bits per heavy atom. The normalized spacial score (nSPS) is 21.7. The molecule has 1 amide bonds. The van der Waals surface area contributed by atoms with Crippen molar-refractivity contribution in [2.45, 2.75) is 55.9 Å². The minimum absolute atomic E-state index is 0.0469. The second-order valence-electron chi connectivity index (χ2n) is 7.82. The zero-order valence-corrected chi connectivity index (χ0v) is 17.7. The van der Waals surface area contributed by atoms with Gasteiger partial charge in [-0.05, 0) is 45.8 Å². The largest absolute Gasteiger partial charge is 0.534 e.